The van der Waals surface area contributed by atoms with Crippen molar-refractivity contribution in [1.29, 1.82) is 0 Å². The van der Waals surface area contributed by atoms with Gasteiger partial charge in [0, 0.05) is 30.1 Å². The minimum atomic E-state index is -4.57. The van der Waals surface area contributed by atoms with Crippen molar-refractivity contribution in [2.45, 2.75) is 12.7 Å². The molecule has 0 bridgehead atoms. The molecular formula is C25H18ClF4N5O2. The number of alkyl halides is 3. The first-order chi connectivity index (χ1) is 17.2. The largest absolute Gasteiger partial charge is 0.416 e. The van der Waals surface area contributed by atoms with Gasteiger partial charge in [0.25, 0.3) is 5.78 Å². The van der Waals surface area contributed by atoms with Crippen LogP contribution in [-0.4, -0.2) is 33.0 Å². The van der Waals surface area contributed by atoms with Crippen molar-refractivity contribution in [3.63, 3.8) is 0 Å². The van der Waals surface area contributed by atoms with Gasteiger partial charge in [-0.15, -0.1) is 12.4 Å². The Morgan fingerprint density at radius 3 is 2.16 bits per heavy atom. The number of nitrogens with one attached hydrogen (secondary N) is 1. The van der Waals surface area contributed by atoms with Gasteiger partial charge in [-0.25, -0.2) is 19.5 Å². The number of benzene rings is 2. The van der Waals surface area contributed by atoms with E-state index in [1.807, 2.05) is 0 Å². The highest BCUT2D eigenvalue weighted by molar-refractivity contribution is 6.47. The number of nitrogens with zero attached hydrogens (tertiary/aromatic N) is 4. The second kappa shape index (κ2) is 10.1. The average Bonchev–Trinajstić information content (AvgIpc) is 3.28. The van der Waals surface area contributed by atoms with Crippen molar-refractivity contribution in [2.24, 2.45) is 0 Å². The topological polar surface area (TPSA) is 80.1 Å². The first-order valence-electron chi connectivity index (χ1n) is 10.8. The SMILES string of the molecule is Cl.O=C(C(=O)N1NCCn2nc(-c3ccc(F)cc3)c(-c3ccncc3)c21)c1ccc(C(F)(F)F)cc1. The molecule has 0 radical (unpaired) electrons. The van der Waals surface area contributed by atoms with Crippen molar-refractivity contribution in [3.05, 3.63) is 90.0 Å². The molecule has 1 amide bonds. The van der Waals surface area contributed by atoms with Crippen LogP contribution in [0.15, 0.2) is 73.1 Å². The van der Waals surface area contributed by atoms with Gasteiger partial charge < -0.3 is 0 Å². The van der Waals surface area contributed by atoms with Gasteiger partial charge in [-0.3, -0.25) is 14.6 Å². The molecule has 0 atom stereocenters. The Hall–Kier alpha value is -4.09. The molecule has 2 aromatic carbocycles. The molecule has 2 aromatic heterocycles. The Bertz CT molecular complexity index is 1440. The number of halogens is 5. The number of amides is 1. The molecule has 3 heterocycles. The molecule has 4 aromatic rings. The number of carbonyl (C=O) groups excluding carboxylic acids is 2. The lowest BCUT2D eigenvalue weighted by Gasteiger charge is -2.29. The lowest BCUT2D eigenvalue weighted by molar-refractivity contribution is -0.137. The summed E-state index contributed by atoms with van der Waals surface area (Å²) < 4.78 is 53.8. The van der Waals surface area contributed by atoms with Gasteiger partial charge in [0.15, 0.2) is 5.82 Å². The maximum atomic E-state index is 13.6. The summed E-state index contributed by atoms with van der Waals surface area (Å²) in [5.74, 6) is -2.13. The zero-order valence-electron chi connectivity index (χ0n) is 18.9. The third-order valence-electron chi connectivity index (χ3n) is 5.69. The molecule has 0 saturated carbocycles. The Morgan fingerprint density at radius 1 is 0.892 bits per heavy atom. The van der Waals surface area contributed by atoms with E-state index in [9.17, 15) is 27.2 Å². The number of hydrogen-bond acceptors (Lipinski definition) is 5. The van der Waals surface area contributed by atoms with Crippen molar-refractivity contribution >= 4 is 29.9 Å². The number of pyridine rings is 1. The molecule has 0 saturated heterocycles. The van der Waals surface area contributed by atoms with Gasteiger partial charge in [0.05, 0.1) is 17.7 Å². The van der Waals surface area contributed by atoms with Gasteiger partial charge in [-0.05, 0) is 54.1 Å². The highest BCUT2D eigenvalue weighted by atomic mass is 35.5. The van der Waals surface area contributed by atoms with Crippen LogP contribution in [0.3, 0.4) is 0 Å². The zero-order valence-corrected chi connectivity index (χ0v) is 19.7. The second-order valence-corrected chi connectivity index (χ2v) is 7.97. The van der Waals surface area contributed by atoms with Crippen LogP contribution in [-0.2, 0) is 17.5 Å². The quantitative estimate of drug-likeness (QED) is 0.230. The van der Waals surface area contributed by atoms with Crippen molar-refractivity contribution in [1.82, 2.24) is 20.2 Å². The fourth-order valence-corrected chi connectivity index (χ4v) is 3.98. The van der Waals surface area contributed by atoms with Gasteiger partial charge >= 0.3 is 12.1 Å². The monoisotopic (exact) mass is 531 g/mol. The summed E-state index contributed by atoms with van der Waals surface area (Å²) in [5.41, 5.74) is 3.98. The zero-order chi connectivity index (χ0) is 25.4. The van der Waals surface area contributed by atoms with Crippen LogP contribution in [0.25, 0.3) is 22.4 Å². The van der Waals surface area contributed by atoms with Crippen molar-refractivity contribution in [3.8, 4) is 22.4 Å². The van der Waals surface area contributed by atoms with E-state index in [1.165, 1.54) is 12.1 Å². The number of Topliss-reactive ketones (excluding diaryl/α,β-unsaturated/α-hetero) is 1. The van der Waals surface area contributed by atoms with Gasteiger partial charge in [0.1, 0.15) is 11.5 Å². The van der Waals surface area contributed by atoms with E-state index in [4.69, 9.17) is 0 Å². The van der Waals surface area contributed by atoms with Crippen LogP contribution >= 0.6 is 12.4 Å². The number of carbonyl (C=O) groups is 2. The van der Waals surface area contributed by atoms with E-state index >= 15 is 0 Å². The Labute approximate surface area is 214 Å². The predicted molar refractivity (Wildman–Crippen MR) is 129 cm³/mol. The highest BCUT2D eigenvalue weighted by Crippen LogP contribution is 2.40. The van der Waals surface area contributed by atoms with Gasteiger partial charge in [0.2, 0.25) is 0 Å². The molecule has 12 heteroatoms. The number of aromatic nitrogens is 3. The minimum Gasteiger partial charge on any atom is -0.283 e. The van der Waals surface area contributed by atoms with E-state index in [1.54, 1.807) is 41.3 Å². The van der Waals surface area contributed by atoms with E-state index in [2.05, 4.69) is 15.5 Å². The van der Waals surface area contributed by atoms with Crippen LogP contribution in [0.5, 0.6) is 0 Å². The lowest BCUT2D eigenvalue weighted by Crippen LogP contribution is -2.51. The minimum absolute atomic E-state index is 0. The molecule has 5 rings (SSSR count). The summed E-state index contributed by atoms with van der Waals surface area (Å²) in [6, 6.07) is 12.6. The molecule has 7 nitrogen and oxygen atoms in total. The predicted octanol–water partition coefficient (Wildman–Crippen LogP) is 4.93. The van der Waals surface area contributed by atoms with Gasteiger partial charge in [-0.1, -0.05) is 12.1 Å². The van der Waals surface area contributed by atoms with E-state index in [0.29, 0.717) is 28.9 Å². The molecule has 0 fully saturated rings. The Kier molecular flexibility index (Phi) is 7.10. The summed E-state index contributed by atoms with van der Waals surface area (Å²) >= 11 is 0. The molecule has 0 unspecified atom stereocenters. The third kappa shape index (κ3) is 4.95. The number of hydrazine groups is 1. The van der Waals surface area contributed by atoms with E-state index < -0.39 is 29.2 Å². The molecule has 0 spiro atoms. The molecule has 1 N–H and O–H groups in total. The maximum Gasteiger partial charge on any atom is 0.416 e. The summed E-state index contributed by atoms with van der Waals surface area (Å²) in [7, 11) is 0. The molecule has 1 aliphatic heterocycles. The lowest BCUT2D eigenvalue weighted by atomic mass is 10.0. The van der Waals surface area contributed by atoms with E-state index in [-0.39, 0.29) is 30.3 Å². The normalized spacial score (nSPS) is 13.0. The van der Waals surface area contributed by atoms with Crippen LogP contribution in [0.2, 0.25) is 0 Å². The standard InChI is InChI=1S/C25H17F4N5O2.ClH/c26-19-7-3-16(4-8-19)21-20(15-9-11-30-12-10-15)23-33(32-21)14-13-31-34(23)24(36)22(35)17-1-5-18(6-2-17)25(27,28)29;/h1-12,31H,13-14H2;1H. The average molecular weight is 532 g/mol. The number of fused-ring (bicyclic) bond motifs is 1. The van der Waals surface area contributed by atoms with E-state index in [0.717, 1.165) is 29.3 Å². The number of ketones is 1. The first-order valence-corrected chi connectivity index (χ1v) is 10.8. The number of rotatable bonds is 4. The van der Waals surface area contributed by atoms with Crippen LogP contribution in [0, 0.1) is 5.82 Å². The molecule has 37 heavy (non-hydrogen) atoms. The Morgan fingerprint density at radius 2 is 1.54 bits per heavy atom. The maximum absolute atomic E-state index is 13.6. The fourth-order valence-electron chi connectivity index (χ4n) is 3.98. The second-order valence-electron chi connectivity index (χ2n) is 7.97. The van der Waals surface area contributed by atoms with Crippen molar-refractivity contribution < 1.29 is 27.2 Å². The smallest absolute Gasteiger partial charge is 0.283 e. The molecule has 190 valence electrons. The van der Waals surface area contributed by atoms with Crippen molar-refractivity contribution in [2.75, 3.05) is 11.6 Å². The summed E-state index contributed by atoms with van der Waals surface area (Å²) in [4.78, 5) is 30.3. The van der Waals surface area contributed by atoms with Crippen LogP contribution in [0.1, 0.15) is 15.9 Å². The summed E-state index contributed by atoms with van der Waals surface area (Å²) in [6.45, 7) is 0.631. The number of anilines is 1. The third-order valence-corrected chi connectivity index (χ3v) is 5.69. The van der Waals surface area contributed by atoms with Crippen LogP contribution in [0.4, 0.5) is 23.4 Å². The number of hydrogen-bond donors (Lipinski definition) is 1. The first kappa shape index (κ1) is 26.0. The fraction of sp³-hybridized carbons (Fsp3) is 0.120. The molecular weight excluding hydrogens is 514 g/mol. The molecule has 1 aliphatic rings. The summed E-state index contributed by atoms with van der Waals surface area (Å²) in [5, 5.41) is 5.69. The summed E-state index contributed by atoms with van der Waals surface area (Å²) in [6.07, 6.45) is -1.45. The van der Waals surface area contributed by atoms with Gasteiger partial charge in [-0.2, -0.15) is 18.3 Å². The Balaban J connectivity index is 0.00000320. The molecule has 0 aliphatic carbocycles. The highest BCUT2D eigenvalue weighted by Gasteiger charge is 2.35. The van der Waals surface area contributed by atoms with Crippen LogP contribution < -0.4 is 10.4 Å².